The van der Waals surface area contributed by atoms with Crippen molar-refractivity contribution in [2.45, 2.75) is 151 Å². The van der Waals surface area contributed by atoms with E-state index in [1.54, 1.807) is 20.1 Å². The number of carbonyl (C=O) groups is 4. The van der Waals surface area contributed by atoms with Crippen molar-refractivity contribution in [1.82, 2.24) is 30.2 Å². The average molecular weight is 925 g/mol. The molecule has 3 saturated carbocycles. The molecule has 16 nitrogen and oxygen atoms in total. The van der Waals surface area contributed by atoms with Gasteiger partial charge in [0.25, 0.3) is 11.8 Å². The molecule has 3 aliphatic carbocycles. The van der Waals surface area contributed by atoms with Crippen molar-refractivity contribution in [3.05, 3.63) is 60.2 Å². The molecule has 17 heteroatoms. The van der Waals surface area contributed by atoms with Gasteiger partial charge >= 0.3 is 6.09 Å². The molecule has 4 fully saturated rings. The Morgan fingerprint density at radius 2 is 1.70 bits per heavy atom. The maximum atomic E-state index is 14.9. The second-order valence-electron chi connectivity index (χ2n) is 20.0. The van der Waals surface area contributed by atoms with Crippen molar-refractivity contribution < 1.29 is 46.2 Å². The summed E-state index contributed by atoms with van der Waals surface area (Å²) in [6, 6.07) is 11.2. The molecule has 66 heavy (non-hydrogen) atoms. The van der Waals surface area contributed by atoms with Gasteiger partial charge in [-0.15, -0.1) is 0 Å². The predicted octanol–water partition coefficient (Wildman–Crippen LogP) is 7.13. The summed E-state index contributed by atoms with van der Waals surface area (Å²) in [5.41, 5.74) is 1.47. The van der Waals surface area contributed by atoms with Crippen molar-refractivity contribution in [3.8, 4) is 23.0 Å². The Morgan fingerprint density at radius 3 is 2.41 bits per heavy atom. The number of furan rings is 1. The first-order valence-electron chi connectivity index (χ1n) is 23.4. The molecule has 4 amide bonds. The van der Waals surface area contributed by atoms with Crippen LogP contribution in [-0.2, 0) is 34.6 Å². The van der Waals surface area contributed by atoms with E-state index in [1.807, 2.05) is 48.6 Å². The molecule has 352 valence electrons. The summed E-state index contributed by atoms with van der Waals surface area (Å²) in [6.45, 7) is 7.92. The third-order valence-corrected chi connectivity index (χ3v) is 16.3. The fraction of sp³-hybridized carbons (Fsp3) is 0.551. The molecule has 1 saturated heterocycles. The van der Waals surface area contributed by atoms with Crippen molar-refractivity contribution in [2.75, 3.05) is 13.7 Å². The third-order valence-electron chi connectivity index (χ3n) is 14.1. The highest BCUT2D eigenvalue weighted by Crippen LogP contribution is 2.48. The van der Waals surface area contributed by atoms with Gasteiger partial charge in [0, 0.05) is 29.4 Å². The van der Waals surface area contributed by atoms with Gasteiger partial charge in [-0.2, -0.15) is 4.98 Å². The Bertz CT molecular complexity index is 2680. The number of ether oxygens (including phenoxy) is 3. The number of aromatic nitrogens is 2. The first-order valence-corrected chi connectivity index (χ1v) is 24.8. The number of rotatable bonds is 9. The van der Waals surface area contributed by atoms with E-state index in [4.69, 9.17) is 28.6 Å². The maximum absolute atomic E-state index is 14.9. The van der Waals surface area contributed by atoms with Crippen LogP contribution in [0.4, 0.5) is 4.79 Å². The van der Waals surface area contributed by atoms with E-state index in [0.29, 0.717) is 60.2 Å². The lowest BCUT2D eigenvalue weighted by Crippen LogP contribution is -2.58. The van der Waals surface area contributed by atoms with Crippen LogP contribution in [0.15, 0.2) is 59.0 Å². The molecule has 5 aliphatic rings. The van der Waals surface area contributed by atoms with Gasteiger partial charge in [0.05, 0.1) is 18.4 Å². The number of hydrogen-bond donors (Lipinski definition) is 3. The van der Waals surface area contributed by atoms with E-state index < -0.39 is 68.2 Å². The molecule has 4 heterocycles. The Labute approximate surface area is 385 Å². The lowest BCUT2D eigenvalue weighted by Gasteiger charge is -2.30. The zero-order chi connectivity index (χ0) is 46.6. The van der Waals surface area contributed by atoms with Gasteiger partial charge in [-0.1, -0.05) is 70.0 Å². The van der Waals surface area contributed by atoms with Crippen LogP contribution >= 0.6 is 0 Å². The number of alkyl carbamates (subject to hydrolysis) is 1. The molecule has 2 aliphatic heterocycles. The van der Waals surface area contributed by atoms with Crippen LogP contribution in [0.2, 0.25) is 0 Å². The molecular weight excluding hydrogens is 865 g/mol. The van der Waals surface area contributed by atoms with Gasteiger partial charge in [-0.05, 0) is 94.2 Å². The highest BCUT2D eigenvalue weighted by molar-refractivity contribution is 7.91. The molecule has 9 rings (SSSR count). The first-order chi connectivity index (χ1) is 31.5. The summed E-state index contributed by atoms with van der Waals surface area (Å²) in [6.07, 6.45) is 9.62. The number of allylic oxidation sites excluding steroid dienone is 1. The molecular formula is C49H60N6O10S. The fourth-order valence-corrected chi connectivity index (χ4v) is 10.8. The average Bonchev–Trinajstić information content (AvgIpc) is 3.95. The molecule has 5 atom stereocenters. The first kappa shape index (κ1) is 45.4. The van der Waals surface area contributed by atoms with Crippen LogP contribution < -0.4 is 24.8 Å². The summed E-state index contributed by atoms with van der Waals surface area (Å²) in [7, 11) is -2.47. The van der Waals surface area contributed by atoms with Gasteiger partial charge in [-0.25, -0.2) is 18.2 Å². The number of sulfonamides is 1. The van der Waals surface area contributed by atoms with E-state index in [0.717, 1.165) is 49.7 Å². The molecule has 0 radical (unpaired) electrons. The summed E-state index contributed by atoms with van der Waals surface area (Å²) in [5, 5.41) is 6.47. The van der Waals surface area contributed by atoms with Gasteiger partial charge in [0.1, 0.15) is 46.7 Å². The minimum atomic E-state index is -4.03. The second-order valence-corrected chi connectivity index (χ2v) is 22.2. The molecule has 3 N–H and O–H groups in total. The van der Waals surface area contributed by atoms with Crippen LogP contribution in [0.3, 0.4) is 0 Å². The number of benzene rings is 2. The standard InChI is InChI=1S/C49H60N6O10S/c1-47(2,3)30-19-17-29(18-20-30)41-51-39-35-22-21-33(62-5)26-38(35)65-40(39)43(52-41)63-34-25-37-42(56)53-49(45(58)54-66(60,61)48(4)23-24-48)27-31(49)13-9-7-6-8-10-16-36(44(57)55(37)28-34)50-46(59)64-32-14-11-12-15-32/h9,13,17-22,26,31-32,34,36-37H,6-8,10-12,14-16,23-25,27-28H2,1-5H3,(H,50,59)(H,53,56)(H,54,58)/b13-9-/t31-,34+,36-,37-,49+/m0/s1. The predicted molar refractivity (Wildman–Crippen MR) is 246 cm³/mol. The molecule has 2 aromatic carbocycles. The number of nitrogens with zero attached hydrogens (tertiary/aromatic N) is 3. The fourth-order valence-electron chi connectivity index (χ4n) is 9.49. The number of hydrogen-bond acceptors (Lipinski definition) is 12. The van der Waals surface area contributed by atoms with E-state index in [2.05, 4.69) is 36.1 Å². The van der Waals surface area contributed by atoms with Gasteiger partial charge in [-0.3, -0.25) is 19.1 Å². The third kappa shape index (κ3) is 9.06. The van der Waals surface area contributed by atoms with E-state index in [1.165, 1.54) is 4.90 Å². The number of nitrogens with one attached hydrogen (secondary N) is 3. The lowest BCUT2D eigenvalue weighted by atomic mass is 9.87. The van der Waals surface area contributed by atoms with Crippen LogP contribution in [0.25, 0.3) is 33.5 Å². The van der Waals surface area contributed by atoms with Crippen LogP contribution in [0, 0.1) is 5.92 Å². The van der Waals surface area contributed by atoms with Gasteiger partial charge in [0.2, 0.25) is 27.4 Å². The molecule has 0 spiro atoms. The van der Waals surface area contributed by atoms with E-state index in [9.17, 15) is 27.6 Å². The molecule has 0 unspecified atom stereocenters. The normalized spacial score (nSPS) is 26.3. The Morgan fingerprint density at radius 1 is 0.955 bits per heavy atom. The summed E-state index contributed by atoms with van der Waals surface area (Å²) < 4.78 is 52.2. The van der Waals surface area contributed by atoms with Gasteiger partial charge < -0.3 is 34.2 Å². The number of methoxy groups -OCH3 is 1. The minimum absolute atomic E-state index is 0.0272. The zero-order valence-corrected chi connectivity index (χ0v) is 39.1. The smallest absolute Gasteiger partial charge is 0.408 e. The highest BCUT2D eigenvalue weighted by Gasteiger charge is 2.63. The van der Waals surface area contributed by atoms with Gasteiger partial charge in [0.15, 0.2) is 5.82 Å². The maximum Gasteiger partial charge on any atom is 0.408 e. The Balaban J connectivity index is 1.07. The molecule has 0 bridgehead atoms. The Hall–Kier alpha value is -5.71. The Kier molecular flexibility index (Phi) is 12.1. The molecule has 4 aromatic rings. The number of carbonyl (C=O) groups excluding carboxylic acids is 4. The topological polar surface area (TPSA) is 208 Å². The lowest BCUT2D eigenvalue weighted by molar-refractivity contribution is -0.141. The summed E-state index contributed by atoms with van der Waals surface area (Å²) in [5.74, 6) is -1.38. The van der Waals surface area contributed by atoms with Crippen molar-refractivity contribution in [1.29, 1.82) is 0 Å². The van der Waals surface area contributed by atoms with Crippen molar-refractivity contribution >= 4 is 55.9 Å². The second kappa shape index (κ2) is 17.5. The number of amides is 4. The van der Waals surface area contributed by atoms with Crippen molar-refractivity contribution in [3.63, 3.8) is 0 Å². The van der Waals surface area contributed by atoms with Crippen LogP contribution in [0.1, 0.15) is 117 Å². The van der Waals surface area contributed by atoms with E-state index in [-0.39, 0.29) is 42.4 Å². The minimum Gasteiger partial charge on any atom is -0.497 e. The molecule has 2 aromatic heterocycles. The SMILES string of the molecule is COc1ccc2c(c1)oc1c(O[C@@H]3C[C@H]4C(=O)N[C@]5(C(=O)NS(=O)(=O)C6(C)CC6)C[C@@H]5/C=C\CCCCC[C@H](NC(=O)OC5CCCC5)C(=O)N4C3)nc(-c3ccc(C(C)(C)C)cc3)nc12. The summed E-state index contributed by atoms with van der Waals surface area (Å²) in [4.78, 5) is 68.4. The van der Waals surface area contributed by atoms with Crippen LogP contribution in [-0.4, -0.2) is 95.3 Å². The monoisotopic (exact) mass is 924 g/mol. The summed E-state index contributed by atoms with van der Waals surface area (Å²) >= 11 is 0. The van der Waals surface area contributed by atoms with Crippen molar-refractivity contribution in [2.24, 2.45) is 5.92 Å². The number of fused-ring (bicyclic) bond motifs is 5. The van der Waals surface area contributed by atoms with Crippen LogP contribution in [0.5, 0.6) is 11.6 Å². The highest BCUT2D eigenvalue weighted by atomic mass is 32.2. The quantitative estimate of drug-likeness (QED) is 0.143. The largest absolute Gasteiger partial charge is 0.497 e. The zero-order valence-electron chi connectivity index (χ0n) is 38.3. The van der Waals surface area contributed by atoms with E-state index >= 15 is 0 Å².